The van der Waals surface area contributed by atoms with Gasteiger partial charge in [0, 0.05) is 12.4 Å². The fraction of sp³-hybridized carbons (Fsp3) is 0.267. The summed E-state index contributed by atoms with van der Waals surface area (Å²) >= 11 is 4.86. The molecule has 0 N–H and O–H groups in total. The number of nitrogens with zero attached hydrogens (tertiary/aromatic N) is 1. The molecule has 2 rings (SSSR count). The topological polar surface area (TPSA) is 38.8 Å². The van der Waals surface area contributed by atoms with Gasteiger partial charge in [0.2, 0.25) is 0 Å². The molecule has 0 atom stereocenters. The van der Waals surface area contributed by atoms with Gasteiger partial charge < -0.3 is 14.4 Å². The molecule has 0 saturated heterocycles. The molecule has 0 aliphatic carbocycles. The van der Waals surface area contributed by atoms with Crippen LogP contribution in [0.1, 0.15) is 10.4 Å². The van der Waals surface area contributed by atoms with Gasteiger partial charge in [-0.3, -0.25) is 4.79 Å². The molecule has 2 aromatic rings. The molecule has 0 saturated carbocycles. The molecule has 1 amide bonds. The van der Waals surface area contributed by atoms with Crippen LogP contribution in [0, 0.1) is 0 Å². The average molecular weight is 370 g/mol. The summed E-state index contributed by atoms with van der Waals surface area (Å²) in [6, 6.07) is 9.20. The second-order valence-corrected chi connectivity index (χ2v) is 6.68. The lowest BCUT2D eigenvalue weighted by atomic mass is 10.3. The van der Waals surface area contributed by atoms with Gasteiger partial charge in [0.05, 0.1) is 23.0 Å². The van der Waals surface area contributed by atoms with Crippen LogP contribution in [0.25, 0.3) is 0 Å². The number of rotatable bonds is 6. The zero-order chi connectivity index (χ0) is 15.2. The van der Waals surface area contributed by atoms with E-state index in [0.29, 0.717) is 18.7 Å². The van der Waals surface area contributed by atoms with Crippen LogP contribution < -0.4 is 9.47 Å². The van der Waals surface area contributed by atoms with Gasteiger partial charge in [-0.25, -0.2) is 0 Å². The van der Waals surface area contributed by atoms with Gasteiger partial charge in [0.25, 0.3) is 5.91 Å². The normalized spacial score (nSPS) is 10.2. The molecule has 21 heavy (non-hydrogen) atoms. The minimum absolute atomic E-state index is 0.00437. The van der Waals surface area contributed by atoms with Crippen molar-refractivity contribution < 1.29 is 14.3 Å². The van der Waals surface area contributed by atoms with Gasteiger partial charge >= 0.3 is 0 Å². The lowest BCUT2D eigenvalue weighted by Crippen LogP contribution is -2.30. The number of carbonyl (C=O) groups excluding carboxylic acids is 1. The number of benzene rings is 1. The second kappa shape index (κ2) is 7.47. The Bertz CT molecular complexity index is 597. The molecular weight excluding hydrogens is 354 g/mol. The molecule has 0 aliphatic rings. The van der Waals surface area contributed by atoms with Crippen molar-refractivity contribution in [2.45, 2.75) is 0 Å². The monoisotopic (exact) mass is 369 g/mol. The number of amides is 1. The molecule has 0 fully saturated rings. The number of hydrogen-bond acceptors (Lipinski definition) is 4. The van der Waals surface area contributed by atoms with E-state index in [2.05, 4.69) is 15.9 Å². The third-order valence-corrected chi connectivity index (χ3v) is 4.42. The molecule has 1 aromatic heterocycles. The fourth-order valence-electron chi connectivity index (χ4n) is 1.72. The standard InChI is InChI=1S/C15H16BrNO3S/c1-17(15(18)11-9-14(16)21-10-11)7-8-20-13-5-3-12(19-2)4-6-13/h3-6,9-10H,7-8H2,1-2H3. The third-order valence-electron chi connectivity index (χ3n) is 2.92. The lowest BCUT2D eigenvalue weighted by Gasteiger charge is -2.16. The van der Waals surface area contributed by atoms with Crippen LogP contribution in [0.15, 0.2) is 39.5 Å². The lowest BCUT2D eigenvalue weighted by molar-refractivity contribution is 0.0774. The van der Waals surface area contributed by atoms with E-state index in [4.69, 9.17) is 9.47 Å². The maximum atomic E-state index is 12.1. The highest BCUT2D eigenvalue weighted by Crippen LogP contribution is 2.21. The van der Waals surface area contributed by atoms with Gasteiger partial charge in [-0.2, -0.15) is 0 Å². The highest BCUT2D eigenvalue weighted by atomic mass is 79.9. The van der Waals surface area contributed by atoms with Crippen LogP contribution >= 0.6 is 27.3 Å². The van der Waals surface area contributed by atoms with Crippen LogP contribution in [0.2, 0.25) is 0 Å². The molecule has 0 unspecified atom stereocenters. The Morgan fingerprint density at radius 2 is 1.95 bits per heavy atom. The fourth-order valence-corrected chi connectivity index (χ4v) is 2.85. The average Bonchev–Trinajstić information content (AvgIpc) is 2.93. The summed E-state index contributed by atoms with van der Waals surface area (Å²) in [6.45, 7) is 0.970. The van der Waals surface area contributed by atoms with E-state index >= 15 is 0 Å². The Labute approximate surface area is 136 Å². The van der Waals surface area contributed by atoms with Crippen LogP contribution in [0.5, 0.6) is 11.5 Å². The highest BCUT2D eigenvalue weighted by Gasteiger charge is 2.13. The van der Waals surface area contributed by atoms with Crippen LogP contribution in [-0.2, 0) is 0 Å². The summed E-state index contributed by atoms with van der Waals surface area (Å²) in [7, 11) is 3.39. The summed E-state index contributed by atoms with van der Waals surface area (Å²) in [5, 5.41) is 1.84. The number of methoxy groups -OCH3 is 1. The van der Waals surface area contributed by atoms with Gasteiger partial charge in [-0.05, 0) is 46.3 Å². The molecule has 1 aromatic carbocycles. The molecule has 0 spiro atoms. The second-order valence-electron chi connectivity index (χ2n) is 4.39. The quantitative estimate of drug-likeness (QED) is 0.779. The number of carbonyl (C=O) groups is 1. The van der Waals surface area contributed by atoms with Crippen molar-refractivity contribution in [3.8, 4) is 11.5 Å². The summed E-state index contributed by atoms with van der Waals surface area (Å²) < 4.78 is 11.6. The number of halogens is 1. The maximum Gasteiger partial charge on any atom is 0.254 e. The van der Waals surface area contributed by atoms with Gasteiger partial charge in [0.15, 0.2) is 0 Å². The molecule has 4 nitrogen and oxygen atoms in total. The zero-order valence-electron chi connectivity index (χ0n) is 11.8. The van der Waals surface area contributed by atoms with E-state index in [1.54, 1.807) is 19.1 Å². The predicted molar refractivity (Wildman–Crippen MR) is 87.5 cm³/mol. The first-order valence-corrected chi connectivity index (χ1v) is 8.04. The van der Waals surface area contributed by atoms with Crippen LogP contribution in [-0.4, -0.2) is 38.1 Å². The summed E-state index contributed by atoms with van der Waals surface area (Å²) in [5.74, 6) is 1.54. The van der Waals surface area contributed by atoms with Crippen LogP contribution in [0.4, 0.5) is 0 Å². The van der Waals surface area contributed by atoms with E-state index in [9.17, 15) is 4.79 Å². The first kappa shape index (κ1) is 15.9. The largest absolute Gasteiger partial charge is 0.497 e. The van der Waals surface area contributed by atoms with Crippen molar-refractivity contribution in [1.82, 2.24) is 4.90 Å². The highest BCUT2D eigenvalue weighted by molar-refractivity contribution is 9.11. The van der Waals surface area contributed by atoms with Crippen molar-refractivity contribution in [3.05, 3.63) is 45.1 Å². The van der Waals surface area contributed by atoms with Crippen molar-refractivity contribution in [1.29, 1.82) is 0 Å². The maximum absolute atomic E-state index is 12.1. The summed E-state index contributed by atoms with van der Waals surface area (Å²) in [6.07, 6.45) is 0. The Balaban J connectivity index is 1.80. The number of likely N-dealkylation sites (N-methyl/N-ethyl adjacent to an activating group) is 1. The molecule has 0 aliphatic heterocycles. The van der Waals surface area contributed by atoms with Crippen molar-refractivity contribution in [2.24, 2.45) is 0 Å². The van der Waals surface area contributed by atoms with Gasteiger partial charge in [-0.15, -0.1) is 11.3 Å². The third kappa shape index (κ3) is 4.47. The van der Waals surface area contributed by atoms with E-state index in [1.807, 2.05) is 35.7 Å². The van der Waals surface area contributed by atoms with Gasteiger partial charge in [0.1, 0.15) is 18.1 Å². The Kier molecular flexibility index (Phi) is 5.64. The van der Waals surface area contributed by atoms with E-state index in [-0.39, 0.29) is 5.91 Å². The van der Waals surface area contributed by atoms with Crippen molar-refractivity contribution in [2.75, 3.05) is 27.3 Å². The molecule has 1 heterocycles. The number of thiophene rings is 1. The summed E-state index contributed by atoms with van der Waals surface area (Å²) in [4.78, 5) is 13.8. The van der Waals surface area contributed by atoms with Gasteiger partial charge in [-0.1, -0.05) is 0 Å². The Morgan fingerprint density at radius 3 is 2.52 bits per heavy atom. The smallest absolute Gasteiger partial charge is 0.254 e. The van der Waals surface area contributed by atoms with E-state index < -0.39 is 0 Å². The minimum atomic E-state index is -0.00437. The zero-order valence-corrected chi connectivity index (χ0v) is 14.2. The first-order valence-electron chi connectivity index (χ1n) is 6.36. The minimum Gasteiger partial charge on any atom is -0.497 e. The molecule has 112 valence electrons. The van der Waals surface area contributed by atoms with E-state index in [0.717, 1.165) is 15.3 Å². The predicted octanol–water partition coefficient (Wildman–Crippen LogP) is 3.67. The molecule has 0 bridgehead atoms. The molecule has 0 radical (unpaired) electrons. The van der Waals surface area contributed by atoms with E-state index in [1.165, 1.54) is 11.3 Å². The van der Waals surface area contributed by atoms with Crippen molar-refractivity contribution in [3.63, 3.8) is 0 Å². The number of hydrogen-bond donors (Lipinski definition) is 0. The van der Waals surface area contributed by atoms with Crippen molar-refractivity contribution >= 4 is 33.2 Å². The number of ether oxygens (including phenoxy) is 2. The first-order chi connectivity index (χ1) is 10.1. The Hall–Kier alpha value is -1.53. The SMILES string of the molecule is COc1ccc(OCCN(C)C(=O)c2csc(Br)c2)cc1. The molecule has 6 heteroatoms. The molecular formula is C15H16BrNO3S. The summed E-state index contributed by atoms with van der Waals surface area (Å²) in [5.41, 5.74) is 0.693. The Morgan fingerprint density at radius 1 is 1.29 bits per heavy atom. The van der Waals surface area contributed by atoms with Crippen LogP contribution in [0.3, 0.4) is 0 Å².